The lowest BCUT2D eigenvalue weighted by molar-refractivity contribution is -0.137. The number of benzene rings is 1. The number of ether oxygens (including phenoxy) is 1. The van der Waals surface area contributed by atoms with Crippen molar-refractivity contribution >= 4 is 17.5 Å². The van der Waals surface area contributed by atoms with Gasteiger partial charge in [0.15, 0.2) is 5.78 Å². The molecule has 0 fully saturated rings. The number of allylic oxidation sites excluding steroid dienone is 1. The molecule has 0 saturated heterocycles. The molecule has 27 heavy (non-hydrogen) atoms. The van der Waals surface area contributed by atoms with E-state index in [-0.39, 0.29) is 12.1 Å². The molecular weight excluding hydrogens is 365 g/mol. The number of Topliss-reactive ketones (excluding diaryl/α,β-unsaturated/α-hetero) is 2. The number of rotatable bonds is 6. The van der Waals surface area contributed by atoms with Gasteiger partial charge in [0.25, 0.3) is 5.91 Å². The number of carbonyl (C=O) groups is 3. The predicted molar refractivity (Wildman–Crippen MR) is 89.9 cm³/mol. The van der Waals surface area contributed by atoms with E-state index in [0.717, 1.165) is 12.3 Å². The first-order chi connectivity index (χ1) is 12.6. The second-order valence-electron chi connectivity index (χ2n) is 5.81. The van der Waals surface area contributed by atoms with Crippen LogP contribution in [-0.2, 0) is 9.59 Å². The minimum absolute atomic E-state index is 0.0104. The van der Waals surface area contributed by atoms with E-state index in [4.69, 9.17) is 4.74 Å². The van der Waals surface area contributed by atoms with Crippen molar-refractivity contribution in [2.45, 2.75) is 12.6 Å². The quantitative estimate of drug-likeness (QED) is 0.464. The molecule has 1 aliphatic heterocycles. The summed E-state index contributed by atoms with van der Waals surface area (Å²) in [4.78, 5) is 37.5. The Morgan fingerprint density at radius 1 is 1.26 bits per heavy atom. The third-order valence-corrected chi connectivity index (χ3v) is 3.74. The average Bonchev–Trinajstić information content (AvgIpc) is 2.60. The smallest absolute Gasteiger partial charge is 0.418 e. The highest BCUT2D eigenvalue weighted by Crippen LogP contribution is 2.31. The molecule has 0 saturated carbocycles. The number of likely N-dealkylation sites (N-methyl/N-ethyl adjacent to an activating group) is 1. The summed E-state index contributed by atoms with van der Waals surface area (Å²) in [5, 5.41) is 1.95. The minimum Gasteiger partial charge on any atom is -0.497 e. The molecule has 6 nitrogen and oxygen atoms in total. The van der Waals surface area contributed by atoms with Crippen molar-refractivity contribution in [1.29, 1.82) is 0 Å². The molecule has 9 heteroatoms. The van der Waals surface area contributed by atoms with Crippen molar-refractivity contribution in [3.8, 4) is 5.75 Å². The van der Waals surface area contributed by atoms with Crippen LogP contribution in [0.4, 0.5) is 13.2 Å². The largest absolute Gasteiger partial charge is 0.497 e. The number of hydrogen-bond acceptors (Lipinski definition) is 5. The number of ketones is 2. The summed E-state index contributed by atoms with van der Waals surface area (Å²) in [6.45, 7) is 0.0104. The Hall–Kier alpha value is -3.10. The van der Waals surface area contributed by atoms with Gasteiger partial charge in [-0.1, -0.05) is 18.2 Å². The number of halogens is 3. The van der Waals surface area contributed by atoms with Crippen molar-refractivity contribution < 1.29 is 32.3 Å². The number of nitrogens with zero attached hydrogens (tertiary/aromatic N) is 1. The van der Waals surface area contributed by atoms with E-state index in [1.807, 2.05) is 5.32 Å². The molecule has 0 unspecified atom stereocenters. The molecule has 2 rings (SSSR count). The second-order valence-corrected chi connectivity index (χ2v) is 5.81. The van der Waals surface area contributed by atoms with Crippen LogP contribution in [0.15, 0.2) is 47.8 Å². The van der Waals surface area contributed by atoms with E-state index >= 15 is 0 Å². The molecule has 0 aromatic heterocycles. The fraction of sp³-hybridized carbons (Fsp3) is 0.278. The first-order valence-corrected chi connectivity index (χ1v) is 7.83. The maximum atomic E-state index is 13.0. The highest BCUT2D eigenvalue weighted by atomic mass is 19.4. The lowest BCUT2D eigenvalue weighted by atomic mass is 10.0. The second kappa shape index (κ2) is 8.07. The fourth-order valence-corrected chi connectivity index (χ4v) is 2.37. The van der Waals surface area contributed by atoms with Crippen LogP contribution in [0.3, 0.4) is 0 Å². The number of carbonyl (C=O) groups excluding carboxylic acids is 3. The van der Waals surface area contributed by atoms with Crippen LogP contribution in [0.5, 0.6) is 5.75 Å². The summed E-state index contributed by atoms with van der Waals surface area (Å²) in [5.74, 6) is -2.68. The minimum atomic E-state index is -4.68. The first-order valence-electron chi connectivity index (χ1n) is 7.83. The Morgan fingerprint density at radius 2 is 1.96 bits per heavy atom. The molecule has 1 N–H and O–H groups in total. The van der Waals surface area contributed by atoms with Gasteiger partial charge in [0, 0.05) is 25.4 Å². The molecule has 0 bridgehead atoms. The zero-order valence-electron chi connectivity index (χ0n) is 14.6. The van der Waals surface area contributed by atoms with Crippen molar-refractivity contribution in [3.63, 3.8) is 0 Å². The van der Waals surface area contributed by atoms with Gasteiger partial charge in [-0.15, -0.1) is 0 Å². The molecule has 0 spiro atoms. The average molecular weight is 382 g/mol. The molecule has 0 radical (unpaired) electrons. The van der Waals surface area contributed by atoms with Crippen molar-refractivity contribution in [2.75, 3.05) is 20.7 Å². The summed E-state index contributed by atoms with van der Waals surface area (Å²) in [6.07, 6.45) is -3.47. The number of hydrogen-bond donors (Lipinski definition) is 1. The van der Waals surface area contributed by atoms with Crippen LogP contribution in [0.2, 0.25) is 0 Å². The number of amides is 1. The topological polar surface area (TPSA) is 75.7 Å². The van der Waals surface area contributed by atoms with Gasteiger partial charge in [-0.2, -0.15) is 13.2 Å². The van der Waals surface area contributed by atoms with Gasteiger partial charge >= 0.3 is 6.18 Å². The molecule has 144 valence electrons. The van der Waals surface area contributed by atoms with Gasteiger partial charge in [-0.25, -0.2) is 0 Å². The Morgan fingerprint density at radius 3 is 2.59 bits per heavy atom. The van der Waals surface area contributed by atoms with Crippen LogP contribution < -0.4 is 10.1 Å². The SMILES string of the molecule is COc1cccc(C(=O)CC(=O)C(=O)NC2=CN(C)CC=C2C(F)(F)F)c1. The standard InChI is InChI=1S/C18H17F3N2O4/c1-23-7-6-13(18(19,20)21)14(10-23)22-17(26)16(25)9-15(24)11-4-3-5-12(8-11)27-2/h3-6,8,10H,7,9H2,1-2H3,(H,22,26). The number of alkyl halides is 3. The van der Waals surface area contributed by atoms with E-state index in [9.17, 15) is 27.6 Å². The molecule has 1 aliphatic rings. The first kappa shape index (κ1) is 20.2. The fourth-order valence-electron chi connectivity index (χ4n) is 2.37. The summed E-state index contributed by atoms with van der Waals surface area (Å²) in [6, 6.07) is 5.98. The van der Waals surface area contributed by atoms with Gasteiger partial charge in [0.2, 0.25) is 5.78 Å². The van der Waals surface area contributed by atoms with Crippen molar-refractivity contribution in [2.24, 2.45) is 0 Å². The lowest BCUT2D eigenvalue weighted by Gasteiger charge is -2.24. The summed E-state index contributed by atoms with van der Waals surface area (Å²) < 4.78 is 44.1. The lowest BCUT2D eigenvalue weighted by Crippen LogP contribution is -2.37. The maximum Gasteiger partial charge on any atom is 0.418 e. The van der Waals surface area contributed by atoms with Crippen LogP contribution >= 0.6 is 0 Å². The number of methoxy groups -OCH3 is 1. The third-order valence-electron chi connectivity index (χ3n) is 3.74. The van der Waals surface area contributed by atoms with Gasteiger partial charge in [-0.3, -0.25) is 14.4 Å². The zero-order chi connectivity index (χ0) is 20.2. The Labute approximate surface area is 153 Å². The van der Waals surface area contributed by atoms with Gasteiger partial charge < -0.3 is 15.0 Å². The maximum absolute atomic E-state index is 13.0. The Bertz CT molecular complexity index is 828. The van der Waals surface area contributed by atoms with Crippen molar-refractivity contribution in [3.05, 3.63) is 53.4 Å². The van der Waals surface area contributed by atoms with Gasteiger partial charge in [0.05, 0.1) is 24.8 Å². The number of nitrogens with one attached hydrogen (secondary N) is 1. The predicted octanol–water partition coefficient (Wildman–Crippen LogP) is 2.23. The van der Waals surface area contributed by atoms with Crippen LogP contribution in [-0.4, -0.2) is 49.3 Å². The van der Waals surface area contributed by atoms with Gasteiger partial charge in [-0.05, 0) is 12.1 Å². The van der Waals surface area contributed by atoms with Crippen LogP contribution in [0, 0.1) is 0 Å². The Balaban J connectivity index is 2.07. The molecule has 0 aliphatic carbocycles. The van der Waals surface area contributed by atoms with Gasteiger partial charge in [0.1, 0.15) is 5.75 Å². The van der Waals surface area contributed by atoms with E-state index < -0.39 is 41.3 Å². The van der Waals surface area contributed by atoms with E-state index in [0.29, 0.717) is 5.75 Å². The Kier molecular flexibility index (Phi) is 6.04. The van der Waals surface area contributed by atoms with E-state index in [2.05, 4.69) is 0 Å². The summed E-state index contributed by atoms with van der Waals surface area (Å²) in [5.41, 5.74) is -1.42. The highest BCUT2D eigenvalue weighted by Gasteiger charge is 2.38. The van der Waals surface area contributed by atoms with Crippen LogP contribution in [0.25, 0.3) is 0 Å². The third kappa shape index (κ3) is 5.19. The monoisotopic (exact) mass is 382 g/mol. The summed E-state index contributed by atoms with van der Waals surface area (Å²) in [7, 11) is 2.92. The summed E-state index contributed by atoms with van der Waals surface area (Å²) >= 11 is 0. The van der Waals surface area contributed by atoms with E-state index in [1.54, 1.807) is 12.1 Å². The molecule has 1 aromatic rings. The molecular formula is C18H17F3N2O4. The normalized spacial score (nSPS) is 14.2. The molecule has 0 atom stereocenters. The molecule has 1 heterocycles. The van der Waals surface area contributed by atoms with E-state index in [1.165, 1.54) is 31.2 Å². The molecule has 1 aromatic carbocycles. The zero-order valence-corrected chi connectivity index (χ0v) is 14.6. The highest BCUT2D eigenvalue weighted by molar-refractivity contribution is 6.40. The van der Waals surface area contributed by atoms with Crippen molar-refractivity contribution in [1.82, 2.24) is 10.2 Å². The molecule has 1 amide bonds. The van der Waals surface area contributed by atoms with Crippen LogP contribution in [0.1, 0.15) is 16.8 Å².